The van der Waals surface area contributed by atoms with Crippen LogP contribution in [-0.4, -0.2) is 32.3 Å². The van der Waals surface area contributed by atoms with E-state index in [0.29, 0.717) is 16.6 Å². The van der Waals surface area contributed by atoms with Crippen LogP contribution in [-0.2, 0) is 4.79 Å². The molecule has 0 spiro atoms. The van der Waals surface area contributed by atoms with Crippen molar-refractivity contribution in [2.45, 2.75) is 6.92 Å². The van der Waals surface area contributed by atoms with E-state index in [-0.39, 0.29) is 5.91 Å². The lowest BCUT2D eigenvalue weighted by Gasteiger charge is -2.12. The Bertz CT molecular complexity index is 1750. The number of hydrogen-bond donors (Lipinski definition) is 0. The van der Waals surface area contributed by atoms with Gasteiger partial charge in [-0.1, -0.05) is 96.6 Å². The first kappa shape index (κ1) is 26.3. The van der Waals surface area contributed by atoms with Crippen molar-refractivity contribution in [2.24, 2.45) is 4.99 Å². The average molecular weight is 553 g/mol. The normalized spacial score (nSPS) is 15.1. The second kappa shape index (κ2) is 11.7. The summed E-state index contributed by atoms with van der Waals surface area (Å²) in [4.78, 5) is 20.3. The molecule has 200 valence electrons. The zero-order valence-electron chi connectivity index (χ0n) is 22.6. The number of rotatable bonds is 7. The maximum Gasteiger partial charge on any atom is 0.267 e. The Hall–Kier alpha value is -4.94. The van der Waals surface area contributed by atoms with Crippen LogP contribution in [0, 0.1) is 6.92 Å². The van der Waals surface area contributed by atoms with Gasteiger partial charge in [-0.15, -0.1) is 6.58 Å². The first-order valence-corrected chi connectivity index (χ1v) is 14.2. The minimum Gasteiger partial charge on any atom is -0.283 e. The van der Waals surface area contributed by atoms with Crippen molar-refractivity contribution < 1.29 is 4.79 Å². The van der Waals surface area contributed by atoms with Crippen molar-refractivity contribution in [3.05, 3.63) is 144 Å². The Balaban J connectivity index is 1.32. The number of nitrogens with zero attached hydrogens (tertiary/aromatic N) is 4. The van der Waals surface area contributed by atoms with Gasteiger partial charge in [0.1, 0.15) is 0 Å². The van der Waals surface area contributed by atoms with E-state index in [0.717, 1.165) is 39.5 Å². The van der Waals surface area contributed by atoms with Gasteiger partial charge in [-0.25, -0.2) is 9.67 Å². The van der Waals surface area contributed by atoms with Gasteiger partial charge in [-0.2, -0.15) is 5.10 Å². The highest BCUT2D eigenvalue weighted by Gasteiger charge is 2.32. The number of carbonyl (C=O) groups excluding carboxylic acids is 1. The van der Waals surface area contributed by atoms with Gasteiger partial charge in [-0.05, 0) is 60.7 Å². The molecule has 1 aliphatic heterocycles. The van der Waals surface area contributed by atoms with Crippen molar-refractivity contribution in [1.82, 2.24) is 14.7 Å². The Morgan fingerprint density at radius 1 is 0.854 bits per heavy atom. The quantitative estimate of drug-likeness (QED) is 0.151. The second-order valence-electron chi connectivity index (χ2n) is 9.70. The summed E-state index contributed by atoms with van der Waals surface area (Å²) in [5.41, 5.74) is 7.91. The van der Waals surface area contributed by atoms with Crippen LogP contribution in [0.3, 0.4) is 0 Å². The van der Waals surface area contributed by atoms with Crippen LogP contribution in [0.5, 0.6) is 0 Å². The third kappa shape index (κ3) is 5.69. The van der Waals surface area contributed by atoms with E-state index in [1.807, 2.05) is 103 Å². The summed E-state index contributed by atoms with van der Waals surface area (Å²) in [7, 11) is 0. The third-order valence-electron chi connectivity index (χ3n) is 6.74. The molecule has 2 heterocycles. The summed E-state index contributed by atoms with van der Waals surface area (Å²) in [6.07, 6.45) is 3.64. The lowest BCUT2D eigenvalue weighted by molar-refractivity contribution is -0.121. The molecule has 6 rings (SSSR count). The topological polar surface area (TPSA) is 50.5 Å². The van der Waals surface area contributed by atoms with E-state index in [1.54, 1.807) is 11.0 Å². The van der Waals surface area contributed by atoms with E-state index < -0.39 is 0 Å². The van der Waals surface area contributed by atoms with Crippen LogP contribution >= 0.6 is 11.8 Å². The molecule has 1 saturated heterocycles. The van der Waals surface area contributed by atoms with Gasteiger partial charge in [-0.3, -0.25) is 9.69 Å². The predicted octanol–water partition coefficient (Wildman–Crippen LogP) is 8.30. The Morgan fingerprint density at radius 3 is 2.17 bits per heavy atom. The largest absolute Gasteiger partial charge is 0.283 e. The average Bonchev–Trinajstić information content (AvgIpc) is 3.58. The first-order valence-electron chi connectivity index (χ1n) is 13.4. The van der Waals surface area contributed by atoms with Gasteiger partial charge in [0.25, 0.3) is 5.91 Å². The molecule has 0 N–H and O–H groups in total. The number of aliphatic imine (C=N–C) groups is 1. The fourth-order valence-corrected chi connectivity index (χ4v) is 5.62. The third-order valence-corrected chi connectivity index (χ3v) is 7.75. The number of thioether (sulfide) groups is 1. The summed E-state index contributed by atoms with van der Waals surface area (Å²) >= 11 is 1.38. The zero-order chi connectivity index (χ0) is 28.2. The van der Waals surface area contributed by atoms with Crippen molar-refractivity contribution in [3.8, 4) is 28.2 Å². The molecule has 0 unspecified atom stereocenters. The van der Waals surface area contributed by atoms with Gasteiger partial charge in [0.05, 0.1) is 27.7 Å². The molecule has 41 heavy (non-hydrogen) atoms. The molecule has 1 aromatic heterocycles. The lowest BCUT2D eigenvalue weighted by Crippen LogP contribution is -2.29. The molecule has 1 aliphatic rings. The van der Waals surface area contributed by atoms with Crippen LogP contribution < -0.4 is 0 Å². The molecule has 0 saturated carbocycles. The smallest absolute Gasteiger partial charge is 0.267 e. The number of amides is 1. The van der Waals surface area contributed by atoms with Crippen molar-refractivity contribution in [1.29, 1.82) is 0 Å². The molecule has 1 fully saturated rings. The number of carbonyl (C=O) groups is 1. The predicted molar refractivity (Wildman–Crippen MR) is 170 cm³/mol. The summed E-state index contributed by atoms with van der Waals surface area (Å²) < 4.78 is 1.97. The second-order valence-corrected chi connectivity index (χ2v) is 10.7. The van der Waals surface area contributed by atoms with Gasteiger partial charge in [0.2, 0.25) is 0 Å². The van der Waals surface area contributed by atoms with Crippen LogP contribution in [0.4, 0.5) is 5.69 Å². The number of aryl methyl sites for hydroxylation is 1. The molecule has 6 heteroatoms. The maximum absolute atomic E-state index is 13.3. The summed E-state index contributed by atoms with van der Waals surface area (Å²) in [6.45, 7) is 6.26. The van der Waals surface area contributed by atoms with Gasteiger partial charge >= 0.3 is 0 Å². The molecule has 1 amide bonds. The fraction of sp³-hybridized carbons (Fsp3) is 0.0571. The minimum absolute atomic E-state index is 0.0734. The van der Waals surface area contributed by atoms with E-state index in [1.165, 1.54) is 17.3 Å². The van der Waals surface area contributed by atoms with Gasteiger partial charge < -0.3 is 0 Å². The molecular formula is C35H28N4OS. The van der Waals surface area contributed by atoms with Crippen LogP contribution in [0.1, 0.15) is 11.1 Å². The Kier molecular flexibility index (Phi) is 7.48. The number of hydrogen-bond acceptors (Lipinski definition) is 4. The fourth-order valence-electron chi connectivity index (χ4n) is 4.62. The minimum atomic E-state index is -0.0734. The molecular weight excluding hydrogens is 524 g/mol. The molecule has 0 bridgehead atoms. The monoisotopic (exact) mass is 552 g/mol. The van der Waals surface area contributed by atoms with E-state index in [4.69, 9.17) is 10.1 Å². The molecule has 0 radical (unpaired) electrons. The molecule has 5 aromatic rings. The van der Waals surface area contributed by atoms with E-state index in [2.05, 4.69) is 36.9 Å². The molecule has 4 aromatic carbocycles. The van der Waals surface area contributed by atoms with Crippen LogP contribution in [0.25, 0.3) is 34.3 Å². The number of benzene rings is 4. The lowest BCUT2D eigenvalue weighted by atomic mass is 10.1. The van der Waals surface area contributed by atoms with Crippen LogP contribution in [0.2, 0.25) is 0 Å². The first-order chi connectivity index (χ1) is 20.1. The standard InChI is InChI=1S/C35H28N4OS/c1-3-22-38-34(40)33(41-35(38)36-29-18-14-25(2)15-19-29)23-26-16-20-30(21-17-26)39-32(28-12-8-5-9-13-28)24-31(37-39)27-10-6-4-7-11-27/h3-21,23-24H,1,22H2,2H3. The highest BCUT2D eigenvalue weighted by molar-refractivity contribution is 8.18. The highest BCUT2D eigenvalue weighted by Crippen LogP contribution is 2.35. The van der Waals surface area contributed by atoms with Gasteiger partial charge in [0, 0.05) is 17.7 Å². The highest BCUT2D eigenvalue weighted by atomic mass is 32.2. The van der Waals surface area contributed by atoms with E-state index >= 15 is 0 Å². The molecule has 0 atom stereocenters. The number of aromatic nitrogens is 2. The van der Waals surface area contributed by atoms with Crippen molar-refractivity contribution in [2.75, 3.05) is 6.54 Å². The number of amidine groups is 1. The van der Waals surface area contributed by atoms with Gasteiger partial charge in [0.15, 0.2) is 5.17 Å². The Labute approximate surface area is 244 Å². The maximum atomic E-state index is 13.3. The molecule has 0 aliphatic carbocycles. The van der Waals surface area contributed by atoms with Crippen molar-refractivity contribution >= 4 is 34.6 Å². The Morgan fingerprint density at radius 2 is 1.51 bits per heavy atom. The summed E-state index contributed by atoms with van der Waals surface area (Å²) in [5.74, 6) is -0.0734. The van der Waals surface area contributed by atoms with E-state index in [9.17, 15) is 4.79 Å². The molecule has 5 nitrogen and oxygen atoms in total. The van der Waals surface area contributed by atoms with Crippen molar-refractivity contribution in [3.63, 3.8) is 0 Å². The van der Waals surface area contributed by atoms with Crippen LogP contribution in [0.15, 0.2) is 138 Å². The SMILES string of the molecule is C=CCN1C(=O)C(=Cc2ccc(-n3nc(-c4ccccc4)cc3-c3ccccc3)cc2)SC1=Nc1ccc(C)cc1. The summed E-state index contributed by atoms with van der Waals surface area (Å²) in [6, 6.07) is 38.6. The zero-order valence-corrected chi connectivity index (χ0v) is 23.5. The summed E-state index contributed by atoms with van der Waals surface area (Å²) in [5, 5.41) is 5.62.